The molecule has 1 nitrogen and oxygen atoms in total. The van der Waals surface area contributed by atoms with Gasteiger partial charge in [-0.3, -0.25) is 4.79 Å². The second-order valence-electron chi connectivity index (χ2n) is 6.65. The lowest BCUT2D eigenvalue weighted by atomic mass is 9.87. The summed E-state index contributed by atoms with van der Waals surface area (Å²) >= 11 is 0. The van der Waals surface area contributed by atoms with Crippen molar-refractivity contribution < 1.29 is 4.79 Å². The lowest BCUT2D eigenvalue weighted by molar-refractivity contribution is -0.122. The largest absolute Gasteiger partial charge is 0.299 e. The van der Waals surface area contributed by atoms with Gasteiger partial charge in [0.15, 0.2) is 0 Å². The topological polar surface area (TPSA) is 17.1 Å². The monoisotopic (exact) mass is 204 g/mol. The molecule has 2 saturated carbocycles. The lowest BCUT2D eigenvalue weighted by Crippen LogP contribution is -2.13. The minimum absolute atomic E-state index is 0.0618. The highest BCUT2D eigenvalue weighted by Gasteiger charge is 2.69. The molecule has 1 heteroatoms. The maximum absolute atomic E-state index is 11.8. The van der Waals surface area contributed by atoms with E-state index in [1.807, 2.05) is 0 Å². The number of rotatable bonds is 1. The number of hydrogen-bond acceptors (Lipinski definition) is 1. The van der Waals surface area contributed by atoms with Crippen LogP contribution in [-0.2, 0) is 4.79 Å². The minimum Gasteiger partial charge on any atom is -0.299 e. The van der Waals surface area contributed by atoms with Gasteiger partial charge < -0.3 is 0 Å². The predicted octanol–water partition coefficient (Wildman–Crippen LogP) is 3.35. The molecule has 0 heterocycles. The smallest absolute Gasteiger partial charge is 0.139 e. The zero-order valence-corrected chi connectivity index (χ0v) is 9.97. The van der Waals surface area contributed by atoms with Crippen LogP contribution in [-0.4, -0.2) is 5.78 Å². The van der Waals surface area contributed by atoms with Crippen LogP contribution in [0.2, 0.25) is 0 Å². The molecule has 0 bridgehead atoms. The van der Waals surface area contributed by atoms with Crippen LogP contribution in [0.5, 0.6) is 0 Å². The van der Waals surface area contributed by atoms with E-state index in [9.17, 15) is 4.79 Å². The van der Waals surface area contributed by atoms with Crippen molar-refractivity contribution in [2.75, 3.05) is 0 Å². The van der Waals surface area contributed by atoms with Crippen molar-refractivity contribution in [1.82, 2.24) is 0 Å². The zero-order chi connectivity index (χ0) is 10.8. The van der Waals surface area contributed by atoms with Crippen molar-refractivity contribution in [3.8, 4) is 0 Å². The fourth-order valence-corrected chi connectivity index (χ4v) is 3.99. The van der Waals surface area contributed by atoms with Gasteiger partial charge in [-0.2, -0.15) is 0 Å². The summed E-state index contributed by atoms with van der Waals surface area (Å²) in [6, 6.07) is 0. The third kappa shape index (κ3) is 1.12. The Hall–Kier alpha value is -0.590. The number of carbonyl (C=O) groups is 1. The molecule has 0 amide bonds. The van der Waals surface area contributed by atoms with Crippen molar-refractivity contribution in [1.29, 1.82) is 0 Å². The molecule has 3 atom stereocenters. The molecular formula is C14H20O. The number of fused-ring (bicyclic) bond motifs is 1. The van der Waals surface area contributed by atoms with Gasteiger partial charge in [-0.25, -0.2) is 0 Å². The van der Waals surface area contributed by atoms with Crippen LogP contribution in [0.15, 0.2) is 11.6 Å². The van der Waals surface area contributed by atoms with Crippen LogP contribution in [0.3, 0.4) is 0 Å². The molecule has 3 aliphatic carbocycles. The van der Waals surface area contributed by atoms with E-state index in [0.29, 0.717) is 23.0 Å². The Morgan fingerprint density at radius 3 is 2.53 bits per heavy atom. The van der Waals surface area contributed by atoms with Crippen molar-refractivity contribution in [2.24, 2.45) is 22.7 Å². The van der Waals surface area contributed by atoms with Crippen molar-refractivity contribution in [2.45, 2.75) is 46.5 Å². The van der Waals surface area contributed by atoms with Crippen LogP contribution >= 0.6 is 0 Å². The number of ketones is 1. The highest BCUT2D eigenvalue weighted by atomic mass is 16.1. The standard InChI is InChI=1S/C14H20O/c1-13(2)7-6-9(8-13)12-10-4-5-11(15)14(10,12)3/h6,10,12H,4-5,7-8H2,1-3H3/t10-,12-,14+/m1/s1. The molecule has 15 heavy (non-hydrogen) atoms. The number of Topliss-reactive ketones (excluding diaryl/α,β-unsaturated/α-hetero) is 1. The summed E-state index contributed by atoms with van der Waals surface area (Å²) in [5.41, 5.74) is 2.11. The maximum Gasteiger partial charge on any atom is 0.139 e. The van der Waals surface area contributed by atoms with Crippen LogP contribution < -0.4 is 0 Å². The summed E-state index contributed by atoms with van der Waals surface area (Å²) in [5, 5.41) is 0. The fraction of sp³-hybridized carbons (Fsp3) is 0.786. The third-order valence-corrected chi connectivity index (χ3v) is 4.99. The molecular weight excluding hydrogens is 184 g/mol. The Morgan fingerprint density at radius 2 is 2.07 bits per heavy atom. The van der Waals surface area contributed by atoms with Gasteiger partial charge in [0.2, 0.25) is 0 Å². The predicted molar refractivity (Wildman–Crippen MR) is 60.4 cm³/mol. The average Bonchev–Trinajstić information content (AvgIpc) is 2.43. The second kappa shape index (κ2) is 2.56. The van der Waals surface area contributed by atoms with Crippen molar-refractivity contribution in [3.63, 3.8) is 0 Å². The van der Waals surface area contributed by atoms with Gasteiger partial charge in [0, 0.05) is 11.8 Å². The Labute approximate surface area is 91.9 Å². The van der Waals surface area contributed by atoms with Gasteiger partial charge in [0.25, 0.3) is 0 Å². The first-order valence-corrected chi connectivity index (χ1v) is 6.17. The van der Waals surface area contributed by atoms with Gasteiger partial charge in [-0.05, 0) is 36.5 Å². The van der Waals surface area contributed by atoms with E-state index in [0.717, 1.165) is 12.8 Å². The molecule has 0 radical (unpaired) electrons. The van der Waals surface area contributed by atoms with Crippen LogP contribution in [0.25, 0.3) is 0 Å². The molecule has 0 aromatic heterocycles. The Balaban J connectivity index is 1.81. The average molecular weight is 204 g/mol. The molecule has 0 unspecified atom stereocenters. The first-order chi connectivity index (χ1) is 6.95. The molecule has 0 aromatic rings. The van der Waals surface area contributed by atoms with Crippen LogP contribution in [0, 0.1) is 22.7 Å². The molecule has 2 fully saturated rings. The second-order valence-corrected chi connectivity index (χ2v) is 6.65. The van der Waals surface area contributed by atoms with Crippen LogP contribution in [0.4, 0.5) is 0 Å². The van der Waals surface area contributed by atoms with E-state index >= 15 is 0 Å². The summed E-state index contributed by atoms with van der Waals surface area (Å²) in [6.45, 7) is 6.86. The van der Waals surface area contributed by atoms with E-state index in [2.05, 4.69) is 26.8 Å². The van der Waals surface area contributed by atoms with Gasteiger partial charge in [-0.15, -0.1) is 0 Å². The molecule has 3 rings (SSSR count). The summed E-state index contributed by atoms with van der Waals surface area (Å²) in [6.07, 6.45) is 6.83. The van der Waals surface area contributed by atoms with E-state index in [1.54, 1.807) is 5.57 Å². The molecule has 82 valence electrons. The number of carbonyl (C=O) groups excluding carboxylic acids is 1. The number of hydrogen-bond donors (Lipinski definition) is 0. The van der Waals surface area contributed by atoms with Crippen molar-refractivity contribution >= 4 is 5.78 Å². The van der Waals surface area contributed by atoms with E-state index < -0.39 is 0 Å². The molecule has 0 aliphatic heterocycles. The normalized spacial score (nSPS) is 46.6. The first kappa shape index (κ1) is 9.62. The molecule has 0 aromatic carbocycles. The Kier molecular flexibility index (Phi) is 1.64. The Bertz CT molecular complexity index is 364. The highest BCUT2D eigenvalue weighted by molar-refractivity contribution is 5.91. The van der Waals surface area contributed by atoms with Gasteiger partial charge in [0.05, 0.1) is 0 Å². The van der Waals surface area contributed by atoms with Gasteiger partial charge in [-0.1, -0.05) is 32.4 Å². The zero-order valence-electron chi connectivity index (χ0n) is 9.97. The molecule has 0 spiro atoms. The summed E-state index contributed by atoms with van der Waals surface area (Å²) in [4.78, 5) is 11.8. The molecule has 0 saturated heterocycles. The fourth-order valence-electron chi connectivity index (χ4n) is 3.99. The van der Waals surface area contributed by atoms with E-state index in [1.165, 1.54) is 12.8 Å². The number of allylic oxidation sites excluding steroid dienone is 2. The van der Waals surface area contributed by atoms with E-state index in [-0.39, 0.29) is 5.41 Å². The lowest BCUT2D eigenvalue weighted by Gasteiger charge is -2.18. The van der Waals surface area contributed by atoms with Gasteiger partial charge >= 0.3 is 0 Å². The Morgan fingerprint density at radius 1 is 1.33 bits per heavy atom. The molecule has 3 aliphatic rings. The highest BCUT2D eigenvalue weighted by Crippen LogP contribution is 2.70. The van der Waals surface area contributed by atoms with E-state index in [4.69, 9.17) is 0 Å². The third-order valence-electron chi connectivity index (χ3n) is 4.99. The molecule has 0 N–H and O–H groups in total. The van der Waals surface area contributed by atoms with Crippen molar-refractivity contribution in [3.05, 3.63) is 11.6 Å². The summed E-state index contributed by atoms with van der Waals surface area (Å²) < 4.78 is 0. The minimum atomic E-state index is 0.0618. The summed E-state index contributed by atoms with van der Waals surface area (Å²) in [5.74, 6) is 1.86. The first-order valence-electron chi connectivity index (χ1n) is 6.17. The quantitative estimate of drug-likeness (QED) is 0.599. The SMILES string of the molecule is CC1(C)CC=C([C@@H]2[C@H]3CCC(=O)[C@]32C)C1. The summed E-state index contributed by atoms with van der Waals surface area (Å²) in [7, 11) is 0. The maximum atomic E-state index is 11.8. The van der Waals surface area contributed by atoms with Crippen LogP contribution in [0.1, 0.15) is 46.5 Å². The van der Waals surface area contributed by atoms with Gasteiger partial charge in [0.1, 0.15) is 5.78 Å².